The van der Waals surface area contributed by atoms with Gasteiger partial charge >= 0.3 is 0 Å². The molecule has 1 aliphatic rings. The van der Waals surface area contributed by atoms with Crippen LogP contribution in [0.2, 0.25) is 0 Å². The van der Waals surface area contributed by atoms with Crippen molar-refractivity contribution in [1.82, 2.24) is 14.8 Å². The maximum absolute atomic E-state index is 12.6. The van der Waals surface area contributed by atoms with Crippen LogP contribution in [0, 0.1) is 6.92 Å². The van der Waals surface area contributed by atoms with Crippen LogP contribution in [0.5, 0.6) is 0 Å². The summed E-state index contributed by atoms with van der Waals surface area (Å²) in [6, 6.07) is 16.1. The highest BCUT2D eigenvalue weighted by Crippen LogP contribution is 2.29. The van der Waals surface area contributed by atoms with Crippen LogP contribution in [0.1, 0.15) is 18.4 Å². The molecule has 4 rings (SSSR count). The van der Waals surface area contributed by atoms with Gasteiger partial charge in [0.15, 0.2) is 5.16 Å². The molecule has 0 atom stereocenters. The third-order valence-corrected chi connectivity index (χ3v) is 5.73. The van der Waals surface area contributed by atoms with Crippen molar-refractivity contribution in [1.29, 1.82) is 0 Å². The van der Waals surface area contributed by atoms with Crippen molar-refractivity contribution in [2.45, 2.75) is 24.9 Å². The minimum absolute atomic E-state index is 0.0462. The number of aromatic nitrogens is 3. The zero-order chi connectivity index (χ0) is 19.3. The fourth-order valence-electron chi connectivity index (χ4n) is 3.33. The van der Waals surface area contributed by atoms with E-state index in [1.54, 1.807) is 6.33 Å². The normalized spacial score (nSPS) is 13.7. The Hall–Kier alpha value is -2.80. The summed E-state index contributed by atoms with van der Waals surface area (Å²) in [4.78, 5) is 14.9. The Balaban J connectivity index is 1.41. The summed E-state index contributed by atoms with van der Waals surface area (Å²) in [6.07, 6.45) is 4.08. The van der Waals surface area contributed by atoms with Crippen LogP contribution < -0.4 is 10.2 Å². The molecule has 0 saturated carbocycles. The third-order valence-electron chi connectivity index (χ3n) is 4.79. The van der Waals surface area contributed by atoms with Crippen LogP contribution in [-0.2, 0) is 4.79 Å². The molecular formula is C21H23N5OS. The molecule has 1 aromatic heterocycles. The van der Waals surface area contributed by atoms with Gasteiger partial charge in [-0.25, -0.2) is 0 Å². The SMILES string of the molecule is Cc1ccc(-n2cnnc2SCC(=O)Nc2ccccc2N2CCCC2)cc1. The van der Waals surface area contributed by atoms with Gasteiger partial charge in [0.1, 0.15) is 6.33 Å². The first-order chi connectivity index (χ1) is 13.7. The van der Waals surface area contributed by atoms with Crippen LogP contribution in [-0.4, -0.2) is 39.5 Å². The summed E-state index contributed by atoms with van der Waals surface area (Å²) in [5.74, 6) is 0.230. The van der Waals surface area contributed by atoms with E-state index in [0.29, 0.717) is 5.16 Å². The lowest BCUT2D eigenvalue weighted by molar-refractivity contribution is -0.113. The maximum Gasteiger partial charge on any atom is 0.234 e. The monoisotopic (exact) mass is 393 g/mol. The van der Waals surface area contributed by atoms with Gasteiger partial charge in [0.2, 0.25) is 5.91 Å². The lowest BCUT2D eigenvalue weighted by Gasteiger charge is -2.21. The molecule has 1 amide bonds. The minimum Gasteiger partial charge on any atom is -0.370 e. The molecule has 2 aromatic carbocycles. The molecule has 6 nitrogen and oxygen atoms in total. The number of carbonyl (C=O) groups is 1. The number of anilines is 2. The summed E-state index contributed by atoms with van der Waals surface area (Å²) >= 11 is 1.38. The lowest BCUT2D eigenvalue weighted by atomic mass is 10.2. The number of amides is 1. The van der Waals surface area contributed by atoms with E-state index in [1.165, 1.54) is 30.2 Å². The van der Waals surface area contributed by atoms with E-state index in [4.69, 9.17) is 0 Å². The van der Waals surface area contributed by atoms with Crippen molar-refractivity contribution in [3.05, 3.63) is 60.4 Å². The van der Waals surface area contributed by atoms with Crippen molar-refractivity contribution in [3.63, 3.8) is 0 Å². The quantitative estimate of drug-likeness (QED) is 0.644. The van der Waals surface area contributed by atoms with Crippen LogP contribution in [0.15, 0.2) is 60.0 Å². The lowest BCUT2D eigenvalue weighted by Crippen LogP contribution is -2.21. The molecule has 2 heterocycles. The summed E-state index contributed by atoms with van der Waals surface area (Å²) < 4.78 is 1.90. The van der Waals surface area contributed by atoms with Crippen molar-refractivity contribution in [2.24, 2.45) is 0 Å². The second kappa shape index (κ2) is 8.48. The summed E-state index contributed by atoms with van der Waals surface area (Å²) in [7, 11) is 0. The Morgan fingerprint density at radius 3 is 2.64 bits per heavy atom. The van der Waals surface area contributed by atoms with E-state index in [-0.39, 0.29) is 11.7 Å². The average molecular weight is 394 g/mol. The van der Waals surface area contributed by atoms with Gasteiger partial charge in [0, 0.05) is 18.8 Å². The number of nitrogens with zero attached hydrogens (tertiary/aromatic N) is 4. The molecule has 3 aromatic rings. The van der Waals surface area contributed by atoms with Crippen LogP contribution in [0.3, 0.4) is 0 Å². The van der Waals surface area contributed by atoms with Crippen molar-refractivity contribution >= 4 is 29.0 Å². The largest absolute Gasteiger partial charge is 0.370 e. The first kappa shape index (κ1) is 18.6. The highest BCUT2D eigenvalue weighted by molar-refractivity contribution is 7.99. The number of nitrogens with one attached hydrogen (secondary N) is 1. The number of carbonyl (C=O) groups excluding carboxylic acids is 1. The first-order valence-corrected chi connectivity index (χ1v) is 10.4. The molecule has 0 aliphatic carbocycles. The third kappa shape index (κ3) is 4.20. The van der Waals surface area contributed by atoms with E-state index in [0.717, 1.165) is 30.2 Å². The van der Waals surface area contributed by atoms with E-state index >= 15 is 0 Å². The predicted molar refractivity (Wildman–Crippen MR) is 113 cm³/mol. The van der Waals surface area contributed by atoms with Crippen LogP contribution in [0.4, 0.5) is 11.4 Å². The smallest absolute Gasteiger partial charge is 0.234 e. The van der Waals surface area contributed by atoms with E-state index in [2.05, 4.69) is 33.4 Å². The van der Waals surface area contributed by atoms with Gasteiger partial charge in [-0.15, -0.1) is 10.2 Å². The van der Waals surface area contributed by atoms with Crippen LogP contribution in [0.25, 0.3) is 5.69 Å². The molecular weight excluding hydrogens is 370 g/mol. The Kier molecular flexibility index (Phi) is 5.62. The Morgan fingerprint density at radius 2 is 1.86 bits per heavy atom. The summed E-state index contributed by atoms with van der Waals surface area (Å²) in [5, 5.41) is 11.9. The number of hydrogen-bond acceptors (Lipinski definition) is 5. The maximum atomic E-state index is 12.6. The van der Waals surface area contributed by atoms with Crippen molar-refractivity contribution in [3.8, 4) is 5.69 Å². The second-order valence-electron chi connectivity index (χ2n) is 6.87. The van der Waals surface area contributed by atoms with Crippen molar-refractivity contribution in [2.75, 3.05) is 29.1 Å². The van der Waals surface area contributed by atoms with E-state index in [1.807, 2.05) is 47.0 Å². The number of rotatable bonds is 6. The molecule has 1 aliphatic heterocycles. The number of para-hydroxylation sites is 2. The zero-order valence-corrected chi connectivity index (χ0v) is 16.7. The zero-order valence-electron chi connectivity index (χ0n) is 15.8. The fraction of sp³-hybridized carbons (Fsp3) is 0.286. The highest BCUT2D eigenvalue weighted by atomic mass is 32.2. The molecule has 1 saturated heterocycles. The second-order valence-corrected chi connectivity index (χ2v) is 7.81. The minimum atomic E-state index is -0.0462. The predicted octanol–water partition coefficient (Wildman–Crippen LogP) is 3.91. The van der Waals surface area contributed by atoms with E-state index in [9.17, 15) is 4.79 Å². The van der Waals surface area contributed by atoms with Gasteiger partial charge in [-0.05, 0) is 44.0 Å². The molecule has 0 spiro atoms. The van der Waals surface area contributed by atoms with E-state index < -0.39 is 0 Å². The topological polar surface area (TPSA) is 63.1 Å². The molecule has 0 radical (unpaired) electrons. The standard InChI is InChI=1S/C21H23N5OS/c1-16-8-10-17(11-9-16)26-15-22-24-21(26)28-14-20(27)23-18-6-2-3-7-19(18)25-12-4-5-13-25/h2-3,6-11,15H,4-5,12-14H2,1H3,(H,23,27). The Bertz CT molecular complexity index is 947. The molecule has 0 unspecified atom stereocenters. The highest BCUT2D eigenvalue weighted by Gasteiger charge is 2.17. The van der Waals surface area contributed by atoms with Gasteiger partial charge in [-0.3, -0.25) is 9.36 Å². The Morgan fingerprint density at radius 1 is 1.11 bits per heavy atom. The number of benzene rings is 2. The van der Waals surface area contributed by atoms with Gasteiger partial charge in [-0.2, -0.15) is 0 Å². The van der Waals surface area contributed by atoms with Gasteiger partial charge < -0.3 is 10.2 Å². The molecule has 7 heteroatoms. The summed E-state index contributed by atoms with van der Waals surface area (Å²) in [6.45, 7) is 4.14. The average Bonchev–Trinajstić information content (AvgIpc) is 3.40. The fourth-order valence-corrected chi connectivity index (χ4v) is 4.06. The van der Waals surface area contributed by atoms with Crippen LogP contribution >= 0.6 is 11.8 Å². The number of thioether (sulfide) groups is 1. The summed E-state index contributed by atoms with van der Waals surface area (Å²) in [5.41, 5.74) is 4.15. The van der Waals surface area contributed by atoms with Crippen molar-refractivity contribution < 1.29 is 4.79 Å². The molecule has 0 bridgehead atoms. The number of hydrogen-bond donors (Lipinski definition) is 1. The molecule has 28 heavy (non-hydrogen) atoms. The van der Waals surface area contributed by atoms with Gasteiger partial charge in [0.25, 0.3) is 0 Å². The Labute approximate surface area is 169 Å². The van der Waals surface area contributed by atoms with Gasteiger partial charge in [0.05, 0.1) is 17.1 Å². The van der Waals surface area contributed by atoms with Gasteiger partial charge in [-0.1, -0.05) is 41.6 Å². The first-order valence-electron chi connectivity index (χ1n) is 9.44. The number of aryl methyl sites for hydroxylation is 1. The molecule has 1 N–H and O–H groups in total. The molecule has 1 fully saturated rings. The molecule has 144 valence electrons.